The van der Waals surface area contributed by atoms with E-state index in [0.29, 0.717) is 10.7 Å². The van der Waals surface area contributed by atoms with Gasteiger partial charge in [-0.2, -0.15) is 0 Å². The molecule has 1 fully saturated rings. The summed E-state index contributed by atoms with van der Waals surface area (Å²) in [5, 5.41) is 6.40. The lowest BCUT2D eigenvalue weighted by atomic mass is 10.1. The van der Waals surface area contributed by atoms with Crippen LogP contribution in [0.4, 0.5) is 16.2 Å². The number of urea groups is 1. The van der Waals surface area contributed by atoms with Crippen molar-refractivity contribution in [2.45, 2.75) is 25.8 Å². The Morgan fingerprint density at radius 1 is 1.21 bits per heavy atom. The fourth-order valence-corrected chi connectivity index (χ4v) is 3.20. The number of anilines is 2. The maximum Gasteiger partial charge on any atom is 0.319 e. The summed E-state index contributed by atoms with van der Waals surface area (Å²) in [5.41, 5.74) is 2.72. The summed E-state index contributed by atoms with van der Waals surface area (Å²) in [6, 6.07) is 9.05. The van der Waals surface area contributed by atoms with Gasteiger partial charge in [0.05, 0.1) is 16.8 Å². The number of hydrogen-bond acceptors (Lipinski definition) is 3. The summed E-state index contributed by atoms with van der Waals surface area (Å²) < 4.78 is 0. The van der Waals surface area contributed by atoms with Gasteiger partial charge < -0.3 is 15.5 Å². The van der Waals surface area contributed by atoms with Gasteiger partial charge in [-0.3, -0.25) is 4.98 Å². The Morgan fingerprint density at radius 3 is 2.58 bits per heavy atom. The highest BCUT2D eigenvalue weighted by Crippen LogP contribution is 2.31. The van der Waals surface area contributed by atoms with Crippen molar-refractivity contribution in [2.75, 3.05) is 23.3 Å². The molecule has 1 aliphatic heterocycles. The zero-order chi connectivity index (χ0) is 16.9. The van der Waals surface area contributed by atoms with Crippen molar-refractivity contribution in [3.63, 3.8) is 0 Å². The fourth-order valence-electron chi connectivity index (χ4n) is 2.90. The second-order valence-electron chi connectivity index (χ2n) is 5.96. The molecule has 24 heavy (non-hydrogen) atoms. The van der Waals surface area contributed by atoms with Crippen LogP contribution in [-0.4, -0.2) is 24.1 Å². The summed E-state index contributed by atoms with van der Waals surface area (Å²) in [7, 11) is 0. The zero-order valence-corrected chi connectivity index (χ0v) is 14.4. The molecule has 2 heterocycles. The first-order valence-corrected chi connectivity index (χ1v) is 8.53. The van der Waals surface area contributed by atoms with Gasteiger partial charge in [-0.1, -0.05) is 11.6 Å². The molecule has 1 aliphatic rings. The number of nitrogens with zero attached hydrogens (tertiary/aromatic N) is 2. The highest BCUT2D eigenvalue weighted by atomic mass is 35.5. The second kappa shape index (κ2) is 7.53. The second-order valence-corrected chi connectivity index (χ2v) is 6.37. The van der Waals surface area contributed by atoms with E-state index in [9.17, 15) is 4.79 Å². The Bertz CT molecular complexity index is 701. The van der Waals surface area contributed by atoms with Gasteiger partial charge in [-0.25, -0.2) is 4.79 Å². The summed E-state index contributed by atoms with van der Waals surface area (Å²) in [6.45, 7) is 4.01. The minimum Gasteiger partial charge on any atom is -0.370 e. The molecule has 1 saturated heterocycles. The number of carbonyl (C=O) groups excluding carboxylic acids is 1. The molecular formula is C18H21ClN4O. The van der Waals surface area contributed by atoms with Crippen molar-refractivity contribution in [3.8, 4) is 0 Å². The molecule has 2 aromatic rings. The molecular weight excluding hydrogens is 324 g/mol. The zero-order valence-electron chi connectivity index (χ0n) is 13.6. The molecule has 6 heteroatoms. The van der Waals surface area contributed by atoms with E-state index in [1.54, 1.807) is 18.5 Å². The van der Waals surface area contributed by atoms with Crippen molar-refractivity contribution in [2.24, 2.45) is 0 Å². The van der Waals surface area contributed by atoms with Crippen LogP contribution < -0.4 is 15.5 Å². The number of aromatic nitrogens is 1. The van der Waals surface area contributed by atoms with Gasteiger partial charge in [0.15, 0.2) is 0 Å². The Balaban J connectivity index is 1.61. The predicted molar refractivity (Wildman–Crippen MR) is 97.7 cm³/mol. The van der Waals surface area contributed by atoms with E-state index in [4.69, 9.17) is 11.6 Å². The van der Waals surface area contributed by atoms with Crippen LogP contribution in [0, 0.1) is 0 Å². The van der Waals surface area contributed by atoms with Gasteiger partial charge in [-0.15, -0.1) is 0 Å². The summed E-state index contributed by atoms with van der Waals surface area (Å²) in [5.74, 6) is 0. The van der Waals surface area contributed by atoms with E-state index in [1.165, 1.54) is 12.8 Å². The number of hydrogen-bond donors (Lipinski definition) is 2. The average molecular weight is 345 g/mol. The maximum atomic E-state index is 12.2. The summed E-state index contributed by atoms with van der Waals surface area (Å²) >= 11 is 6.37. The third-order valence-corrected chi connectivity index (χ3v) is 4.51. The van der Waals surface area contributed by atoms with Gasteiger partial charge in [-0.05, 0) is 55.7 Å². The molecule has 1 atom stereocenters. The number of pyridine rings is 1. The highest BCUT2D eigenvalue weighted by molar-refractivity contribution is 6.33. The number of amides is 2. The minimum atomic E-state index is -0.260. The lowest BCUT2D eigenvalue weighted by Crippen LogP contribution is -2.31. The largest absolute Gasteiger partial charge is 0.370 e. The van der Waals surface area contributed by atoms with Gasteiger partial charge in [0, 0.05) is 31.2 Å². The van der Waals surface area contributed by atoms with E-state index in [-0.39, 0.29) is 12.1 Å². The molecule has 1 aromatic carbocycles. The molecule has 3 rings (SSSR count). The smallest absolute Gasteiger partial charge is 0.319 e. The quantitative estimate of drug-likeness (QED) is 0.873. The van der Waals surface area contributed by atoms with Gasteiger partial charge in [0.2, 0.25) is 0 Å². The van der Waals surface area contributed by atoms with Gasteiger partial charge in [0.25, 0.3) is 0 Å². The molecule has 0 saturated carbocycles. The number of carbonyl (C=O) groups is 1. The van der Waals surface area contributed by atoms with Crippen LogP contribution in [0.3, 0.4) is 0 Å². The lowest BCUT2D eigenvalue weighted by molar-refractivity contribution is 0.249. The Morgan fingerprint density at radius 2 is 1.92 bits per heavy atom. The number of nitrogens with one attached hydrogen (secondary N) is 2. The Labute approximate surface area is 147 Å². The molecule has 2 N–H and O–H groups in total. The molecule has 5 nitrogen and oxygen atoms in total. The first kappa shape index (κ1) is 16.6. The number of halogens is 1. The van der Waals surface area contributed by atoms with Crippen LogP contribution in [0.5, 0.6) is 0 Å². The van der Waals surface area contributed by atoms with Crippen LogP contribution >= 0.6 is 11.6 Å². The molecule has 0 bridgehead atoms. The van der Waals surface area contributed by atoms with E-state index in [0.717, 1.165) is 24.3 Å². The number of rotatable bonds is 4. The van der Waals surface area contributed by atoms with Crippen LogP contribution in [0.25, 0.3) is 0 Å². The highest BCUT2D eigenvalue weighted by Gasteiger charge is 2.16. The Kier molecular flexibility index (Phi) is 5.20. The van der Waals surface area contributed by atoms with Crippen molar-refractivity contribution in [3.05, 3.63) is 53.3 Å². The Hall–Kier alpha value is -2.27. The summed E-state index contributed by atoms with van der Waals surface area (Å²) in [6.07, 6.45) is 5.82. The van der Waals surface area contributed by atoms with Crippen LogP contribution in [0.1, 0.15) is 31.4 Å². The monoisotopic (exact) mass is 344 g/mol. The summed E-state index contributed by atoms with van der Waals surface area (Å²) in [4.78, 5) is 18.4. The van der Waals surface area contributed by atoms with Crippen molar-refractivity contribution >= 4 is 29.0 Å². The topological polar surface area (TPSA) is 57.3 Å². The van der Waals surface area contributed by atoms with Crippen LogP contribution in [0.15, 0.2) is 42.7 Å². The van der Waals surface area contributed by atoms with Crippen LogP contribution in [0.2, 0.25) is 5.02 Å². The van der Waals surface area contributed by atoms with Crippen molar-refractivity contribution in [1.29, 1.82) is 0 Å². The molecule has 0 radical (unpaired) electrons. The van der Waals surface area contributed by atoms with E-state index >= 15 is 0 Å². The van der Waals surface area contributed by atoms with Gasteiger partial charge >= 0.3 is 6.03 Å². The lowest BCUT2D eigenvalue weighted by Gasteiger charge is -2.20. The first-order chi connectivity index (χ1) is 11.6. The van der Waals surface area contributed by atoms with E-state index < -0.39 is 0 Å². The third-order valence-electron chi connectivity index (χ3n) is 4.21. The molecule has 2 amide bonds. The third kappa shape index (κ3) is 3.97. The molecule has 1 aromatic heterocycles. The average Bonchev–Trinajstić information content (AvgIpc) is 3.10. The first-order valence-electron chi connectivity index (χ1n) is 8.15. The van der Waals surface area contributed by atoms with Crippen LogP contribution in [-0.2, 0) is 0 Å². The fraction of sp³-hybridized carbons (Fsp3) is 0.333. The molecule has 0 spiro atoms. The molecule has 0 aliphatic carbocycles. The number of benzene rings is 1. The van der Waals surface area contributed by atoms with E-state index in [1.807, 2.05) is 31.2 Å². The molecule has 126 valence electrons. The SMILES string of the molecule is CC(NC(=O)Nc1ccc(N2CCCC2)c(Cl)c1)c1ccncc1. The van der Waals surface area contributed by atoms with E-state index in [2.05, 4.69) is 20.5 Å². The normalized spacial score (nSPS) is 15.2. The maximum absolute atomic E-state index is 12.2. The standard InChI is InChI=1S/C18H21ClN4O/c1-13(14-6-8-20-9-7-14)21-18(24)22-15-4-5-17(16(19)12-15)23-10-2-3-11-23/h4-9,12-13H,2-3,10-11H2,1H3,(H2,21,22,24). The minimum absolute atomic E-state index is 0.104. The van der Waals surface area contributed by atoms with Gasteiger partial charge in [0.1, 0.15) is 0 Å². The predicted octanol–water partition coefficient (Wildman–Crippen LogP) is 4.22. The van der Waals surface area contributed by atoms with Crippen molar-refractivity contribution in [1.82, 2.24) is 10.3 Å². The van der Waals surface area contributed by atoms with Crippen molar-refractivity contribution < 1.29 is 4.79 Å². The molecule has 1 unspecified atom stereocenters.